The van der Waals surface area contributed by atoms with Gasteiger partial charge in [-0.3, -0.25) is 4.79 Å². The highest BCUT2D eigenvalue weighted by Gasteiger charge is 2.10. The van der Waals surface area contributed by atoms with Crippen molar-refractivity contribution in [2.75, 3.05) is 11.9 Å². The van der Waals surface area contributed by atoms with Gasteiger partial charge in [-0.25, -0.2) is 0 Å². The number of nitrogens with one attached hydrogen (secondary N) is 2. The Morgan fingerprint density at radius 1 is 1.08 bits per heavy atom. The molecule has 0 aliphatic carbocycles. The molecule has 0 saturated heterocycles. The van der Waals surface area contributed by atoms with Crippen molar-refractivity contribution in [3.8, 4) is 5.75 Å². The zero-order valence-corrected chi connectivity index (χ0v) is 15.2. The van der Waals surface area contributed by atoms with E-state index in [4.69, 9.17) is 4.74 Å². The van der Waals surface area contributed by atoms with E-state index in [1.807, 2.05) is 38.1 Å². The van der Waals surface area contributed by atoms with Gasteiger partial charge in [0, 0.05) is 6.54 Å². The van der Waals surface area contributed by atoms with Crippen molar-refractivity contribution < 1.29 is 9.53 Å². The van der Waals surface area contributed by atoms with Crippen molar-refractivity contribution in [3.05, 3.63) is 42.1 Å². The molecule has 1 aromatic carbocycles. The summed E-state index contributed by atoms with van der Waals surface area (Å²) in [6, 6.07) is 11.0. The predicted octanol–water partition coefficient (Wildman–Crippen LogP) is 3.78. The van der Waals surface area contributed by atoms with Gasteiger partial charge in [0.1, 0.15) is 5.75 Å². The number of carbonyl (C=O) groups excluding carboxylic acids is 1. The van der Waals surface area contributed by atoms with Crippen LogP contribution in [0.1, 0.15) is 44.6 Å². The number of aromatic nitrogens is 2. The van der Waals surface area contributed by atoms with Gasteiger partial charge in [-0.05, 0) is 50.5 Å². The first-order valence-electron chi connectivity index (χ1n) is 8.60. The number of amides is 1. The fourth-order valence-electron chi connectivity index (χ4n) is 2.15. The second kappa shape index (κ2) is 9.01. The van der Waals surface area contributed by atoms with Crippen LogP contribution < -0.4 is 15.4 Å². The Kier molecular flexibility index (Phi) is 6.74. The molecule has 6 heteroatoms. The molecule has 25 heavy (non-hydrogen) atoms. The standard InChI is InChI=1S/C19H26N4O2/c1-13(2)11-12-20-19(24)16-9-10-18(23-22-16)21-15-7-5-6-8-17(15)25-14(3)4/h5-10,13-14H,11-12H2,1-4H3,(H,20,24)(H,21,23). The van der Waals surface area contributed by atoms with Crippen LogP contribution in [0.3, 0.4) is 0 Å². The Balaban J connectivity index is 2.00. The largest absolute Gasteiger partial charge is 0.489 e. The third-order valence-electron chi connectivity index (χ3n) is 3.42. The molecule has 0 saturated carbocycles. The lowest BCUT2D eigenvalue weighted by Gasteiger charge is -2.14. The molecular formula is C19H26N4O2. The average Bonchev–Trinajstić information content (AvgIpc) is 2.56. The zero-order chi connectivity index (χ0) is 18.2. The molecule has 2 aromatic rings. The minimum atomic E-state index is -0.205. The van der Waals surface area contributed by atoms with Gasteiger partial charge in [-0.2, -0.15) is 0 Å². The van der Waals surface area contributed by atoms with Crippen molar-refractivity contribution in [1.82, 2.24) is 15.5 Å². The van der Waals surface area contributed by atoms with Crippen molar-refractivity contribution in [2.24, 2.45) is 5.92 Å². The monoisotopic (exact) mass is 342 g/mol. The van der Waals surface area contributed by atoms with E-state index in [-0.39, 0.29) is 12.0 Å². The fourth-order valence-corrected chi connectivity index (χ4v) is 2.15. The summed E-state index contributed by atoms with van der Waals surface area (Å²) in [5, 5.41) is 14.1. The maximum atomic E-state index is 12.0. The summed E-state index contributed by atoms with van der Waals surface area (Å²) in [4.78, 5) is 12.0. The smallest absolute Gasteiger partial charge is 0.271 e. The average molecular weight is 342 g/mol. The predicted molar refractivity (Wildman–Crippen MR) is 99.3 cm³/mol. The van der Waals surface area contributed by atoms with E-state index < -0.39 is 0 Å². The Morgan fingerprint density at radius 2 is 1.84 bits per heavy atom. The summed E-state index contributed by atoms with van der Waals surface area (Å²) in [7, 11) is 0. The SMILES string of the molecule is CC(C)CCNC(=O)c1ccc(Nc2ccccc2OC(C)C)nn1. The molecule has 1 amide bonds. The normalized spacial score (nSPS) is 10.8. The lowest BCUT2D eigenvalue weighted by Crippen LogP contribution is -2.26. The molecule has 6 nitrogen and oxygen atoms in total. The molecule has 0 bridgehead atoms. The quantitative estimate of drug-likeness (QED) is 0.763. The first kappa shape index (κ1) is 18.7. The molecule has 0 radical (unpaired) electrons. The van der Waals surface area contributed by atoms with E-state index >= 15 is 0 Å². The van der Waals surface area contributed by atoms with Crippen LogP contribution in [0.4, 0.5) is 11.5 Å². The lowest BCUT2D eigenvalue weighted by molar-refractivity contribution is 0.0946. The molecule has 0 atom stereocenters. The van der Waals surface area contributed by atoms with Gasteiger partial charge >= 0.3 is 0 Å². The fraction of sp³-hybridized carbons (Fsp3) is 0.421. The van der Waals surface area contributed by atoms with Crippen LogP contribution in [0.5, 0.6) is 5.75 Å². The maximum absolute atomic E-state index is 12.0. The van der Waals surface area contributed by atoms with Gasteiger partial charge in [0.25, 0.3) is 5.91 Å². The summed E-state index contributed by atoms with van der Waals surface area (Å²) in [5.41, 5.74) is 1.11. The second-order valence-electron chi connectivity index (χ2n) is 6.53. The van der Waals surface area contributed by atoms with Crippen LogP contribution in [-0.4, -0.2) is 28.8 Å². The van der Waals surface area contributed by atoms with Crippen molar-refractivity contribution in [2.45, 2.75) is 40.2 Å². The number of hydrogen-bond acceptors (Lipinski definition) is 5. The maximum Gasteiger partial charge on any atom is 0.271 e. The number of para-hydroxylation sites is 2. The molecular weight excluding hydrogens is 316 g/mol. The number of carbonyl (C=O) groups is 1. The van der Waals surface area contributed by atoms with E-state index in [0.717, 1.165) is 17.9 Å². The molecule has 134 valence electrons. The molecule has 0 aliphatic rings. The first-order chi connectivity index (χ1) is 12.0. The van der Waals surface area contributed by atoms with Gasteiger partial charge in [0.05, 0.1) is 11.8 Å². The van der Waals surface area contributed by atoms with Crippen LogP contribution in [0.25, 0.3) is 0 Å². The Bertz CT molecular complexity index is 684. The van der Waals surface area contributed by atoms with Crippen LogP contribution >= 0.6 is 0 Å². The summed E-state index contributed by atoms with van der Waals surface area (Å²) in [6.07, 6.45) is 1.01. The highest BCUT2D eigenvalue weighted by molar-refractivity contribution is 5.92. The van der Waals surface area contributed by atoms with E-state index in [9.17, 15) is 4.79 Å². The number of anilines is 2. The van der Waals surface area contributed by atoms with E-state index in [1.165, 1.54) is 0 Å². The van der Waals surface area contributed by atoms with Crippen LogP contribution in [0.2, 0.25) is 0 Å². The molecule has 1 heterocycles. The van der Waals surface area contributed by atoms with Gasteiger partial charge in [-0.1, -0.05) is 26.0 Å². The summed E-state index contributed by atoms with van der Waals surface area (Å²) in [5.74, 6) is 1.64. The van der Waals surface area contributed by atoms with Crippen molar-refractivity contribution in [1.29, 1.82) is 0 Å². The highest BCUT2D eigenvalue weighted by Crippen LogP contribution is 2.27. The zero-order valence-electron chi connectivity index (χ0n) is 15.2. The van der Waals surface area contributed by atoms with Gasteiger partial charge in [0.2, 0.25) is 0 Å². The third-order valence-corrected chi connectivity index (χ3v) is 3.42. The molecule has 0 spiro atoms. The minimum Gasteiger partial charge on any atom is -0.489 e. The number of benzene rings is 1. The Morgan fingerprint density at radius 3 is 2.48 bits per heavy atom. The summed E-state index contributed by atoms with van der Waals surface area (Å²) in [6.45, 7) is 8.82. The van der Waals surface area contributed by atoms with Crippen molar-refractivity contribution >= 4 is 17.4 Å². The molecule has 1 aromatic heterocycles. The second-order valence-corrected chi connectivity index (χ2v) is 6.53. The van der Waals surface area contributed by atoms with Crippen LogP contribution in [0, 0.1) is 5.92 Å². The number of nitrogens with zero attached hydrogens (tertiary/aromatic N) is 2. The topological polar surface area (TPSA) is 76.1 Å². The minimum absolute atomic E-state index is 0.0749. The number of hydrogen-bond donors (Lipinski definition) is 2. The summed E-state index contributed by atoms with van der Waals surface area (Å²) < 4.78 is 5.77. The van der Waals surface area contributed by atoms with Crippen molar-refractivity contribution in [3.63, 3.8) is 0 Å². The van der Waals surface area contributed by atoms with Gasteiger partial charge in [0.15, 0.2) is 11.5 Å². The number of ether oxygens (including phenoxy) is 1. The van der Waals surface area contributed by atoms with E-state index in [0.29, 0.717) is 24.0 Å². The van der Waals surface area contributed by atoms with Crippen LogP contribution in [-0.2, 0) is 0 Å². The summed E-state index contributed by atoms with van der Waals surface area (Å²) >= 11 is 0. The molecule has 0 fully saturated rings. The van der Waals surface area contributed by atoms with E-state index in [1.54, 1.807) is 12.1 Å². The first-order valence-corrected chi connectivity index (χ1v) is 8.60. The third kappa shape index (κ3) is 6.06. The highest BCUT2D eigenvalue weighted by atomic mass is 16.5. The number of rotatable bonds is 8. The lowest BCUT2D eigenvalue weighted by atomic mass is 10.1. The van der Waals surface area contributed by atoms with Gasteiger partial charge in [-0.15, -0.1) is 10.2 Å². The Labute approximate surface area is 149 Å². The Hall–Kier alpha value is -2.63. The molecule has 2 rings (SSSR count). The molecule has 0 unspecified atom stereocenters. The van der Waals surface area contributed by atoms with E-state index in [2.05, 4.69) is 34.7 Å². The molecule has 2 N–H and O–H groups in total. The van der Waals surface area contributed by atoms with Gasteiger partial charge < -0.3 is 15.4 Å². The van der Waals surface area contributed by atoms with Crippen LogP contribution in [0.15, 0.2) is 36.4 Å². The molecule has 0 aliphatic heterocycles.